The van der Waals surface area contributed by atoms with Crippen LogP contribution in [0.2, 0.25) is 0 Å². The van der Waals surface area contributed by atoms with Gasteiger partial charge in [0.05, 0.1) is 18.2 Å². The number of rotatable bonds is 4. The number of ketones is 1. The van der Waals surface area contributed by atoms with Gasteiger partial charge in [-0.15, -0.1) is 5.10 Å². The summed E-state index contributed by atoms with van der Waals surface area (Å²) in [5, 5.41) is 7.98. The van der Waals surface area contributed by atoms with Crippen molar-refractivity contribution in [2.45, 2.75) is 45.8 Å². The summed E-state index contributed by atoms with van der Waals surface area (Å²) in [6, 6.07) is -0.610. The molecule has 6 nitrogen and oxygen atoms in total. The molecular weight excluding hydrogens is 254 g/mol. The smallest absolute Gasteiger partial charge is 0.408 e. The van der Waals surface area contributed by atoms with Crippen molar-refractivity contribution in [3.8, 4) is 0 Å². The van der Waals surface area contributed by atoms with E-state index in [1.54, 1.807) is 33.1 Å². The zero-order valence-electron chi connectivity index (χ0n) is 10.9. The zero-order chi connectivity index (χ0) is 13.8. The molecule has 0 saturated carbocycles. The number of ether oxygens (including phenoxy) is 1. The average Bonchev–Trinajstić information content (AvgIpc) is 2.66. The quantitative estimate of drug-likeness (QED) is 0.898. The Hall–Kier alpha value is -1.50. The third-order valence-electron chi connectivity index (χ3n) is 1.98. The number of carbonyl (C=O) groups excluding carboxylic acids is 2. The van der Waals surface area contributed by atoms with Crippen molar-refractivity contribution in [1.82, 2.24) is 14.9 Å². The van der Waals surface area contributed by atoms with E-state index in [0.717, 1.165) is 0 Å². The van der Waals surface area contributed by atoms with Crippen molar-refractivity contribution in [3.05, 3.63) is 11.1 Å². The molecule has 0 spiro atoms. The number of aromatic nitrogens is 2. The van der Waals surface area contributed by atoms with Gasteiger partial charge in [0.15, 0.2) is 5.78 Å². The van der Waals surface area contributed by atoms with Gasteiger partial charge in [0.25, 0.3) is 0 Å². The van der Waals surface area contributed by atoms with Crippen LogP contribution in [0, 0.1) is 0 Å². The Morgan fingerprint density at radius 2 is 2.17 bits per heavy atom. The number of Topliss-reactive ketones (excluding diaryl/α,β-unsaturated/α-hetero) is 1. The van der Waals surface area contributed by atoms with E-state index in [-0.39, 0.29) is 12.2 Å². The highest BCUT2D eigenvalue weighted by atomic mass is 32.1. The van der Waals surface area contributed by atoms with Crippen LogP contribution in [0.25, 0.3) is 0 Å². The third kappa shape index (κ3) is 5.22. The zero-order valence-corrected chi connectivity index (χ0v) is 11.7. The lowest BCUT2D eigenvalue weighted by molar-refractivity contribution is -0.120. The van der Waals surface area contributed by atoms with Crippen LogP contribution < -0.4 is 5.32 Å². The van der Waals surface area contributed by atoms with Crippen LogP contribution in [0.15, 0.2) is 5.38 Å². The summed E-state index contributed by atoms with van der Waals surface area (Å²) in [6.07, 6.45) is -0.437. The van der Waals surface area contributed by atoms with Gasteiger partial charge in [-0.05, 0) is 39.2 Å². The fraction of sp³-hybridized carbons (Fsp3) is 0.636. The lowest BCUT2D eigenvalue weighted by Gasteiger charge is -2.21. The predicted molar refractivity (Wildman–Crippen MR) is 67.5 cm³/mol. The lowest BCUT2D eigenvalue weighted by Crippen LogP contribution is -2.42. The minimum Gasteiger partial charge on any atom is -0.444 e. The summed E-state index contributed by atoms with van der Waals surface area (Å²) in [4.78, 5) is 23.2. The summed E-state index contributed by atoms with van der Waals surface area (Å²) < 4.78 is 8.74. The highest BCUT2D eigenvalue weighted by molar-refractivity contribution is 7.03. The monoisotopic (exact) mass is 271 g/mol. The van der Waals surface area contributed by atoms with Gasteiger partial charge in [-0.2, -0.15) is 0 Å². The first kappa shape index (κ1) is 14.6. The van der Waals surface area contributed by atoms with Crippen molar-refractivity contribution in [3.63, 3.8) is 0 Å². The van der Waals surface area contributed by atoms with Crippen LogP contribution in [0.1, 0.15) is 33.4 Å². The first-order valence-corrected chi connectivity index (χ1v) is 6.40. The van der Waals surface area contributed by atoms with Gasteiger partial charge in [0, 0.05) is 5.38 Å². The largest absolute Gasteiger partial charge is 0.444 e. The van der Waals surface area contributed by atoms with Gasteiger partial charge >= 0.3 is 6.09 Å². The molecule has 0 aliphatic rings. The summed E-state index contributed by atoms with van der Waals surface area (Å²) in [6.45, 7) is 6.91. The maximum absolute atomic E-state index is 11.8. The van der Waals surface area contributed by atoms with Gasteiger partial charge in [0.2, 0.25) is 0 Å². The Bertz CT molecular complexity index is 412. The Labute approximate surface area is 110 Å². The number of amides is 1. The number of nitrogens with zero attached hydrogens (tertiary/aromatic N) is 2. The molecule has 1 atom stereocenters. The van der Waals surface area contributed by atoms with E-state index in [0.29, 0.717) is 5.69 Å². The van der Waals surface area contributed by atoms with E-state index in [9.17, 15) is 9.59 Å². The molecule has 1 aromatic heterocycles. The van der Waals surface area contributed by atoms with Crippen LogP contribution in [0.5, 0.6) is 0 Å². The molecular formula is C11H17N3O3S. The maximum atomic E-state index is 11.8. The Balaban J connectivity index is 2.42. The van der Waals surface area contributed by atoms with Crippen LogP contribution in [0.3, 0.4) is 0 Å². The summed E-state index contributed by atoms with van der Waals surface area (Å²) in [5.41, 5.74) is 0.0360. The maximum Gasteiger partial charge on any atom is 0.408 e. The highest BCUT2D eigenvalue weighted by Gasteiger charge is 2.21. The number of carbonyl (C=O) groups is 2. The second kappa shape index (κ2) is 5.90. The highest BCUT2D eigenvalue weighted by Crippen LogP contribution is 2.07. The third-order valence-corrected chi connectivity index (χ3v) is 2.53. The van der Waals surface area contributed by atoms with Crippen LogP contribution in [-0.4, -0.2) is 33.1 Å². The Kier molecular flexibility index (Phi) is 4.77. The molecule has 0 radical (unpaired) electrons. The molecule has 0 aromatic carbocycles. The fourth-order valence-electron chi connectivity index (χ4n) is 1.16. The molecule has 7 heteroatoms. The van der Waals surface area contributed by atoms with Crippen LogP contribution >= 0.6 is 11.5 Å². The van der Waals surface area contributed by atoms with Gasteiger partial charge < -0.3 is 10.1 Å². The van der Waals surface area contributed by atoms with Crippen molar-refractivity contribution < 1.29 is 14.3 Å². The summed E-state index contributed by atoms with van der Waals surface area (Å²) >= 11 is 1.19. The van der Waals surface area contributed by atoms with E-state index >= 15 is 0 Å². The van der Waals surface area contributed by atoms with E-state index in [4.69, 9.17) is 4.74 Å². The van der Waals surface area contributed by atoms with Crippen molar-refractivity contribution in [2.75, 3.05) is 0 Å². The molecule has 1 rings (SSSR count). The number of alkyl carbamates (subject to hydrolysis) is 1. The minimum atomic E-state index is -0.610. The van der Waals surface area contributed by atoms with E-state index in [2.05, 4.69) is 14.9 Å². The van der Waals surface area contributed by atoms with Gasteiger partial charge in [-0.1, -0.05) is 4.49 Å². The summed E-state index contributed by atoms with van der Waals surface area (Å²) in [5.74, 6) is -0.131. The van der Waals surface area contributed by atoms with Crippen molar-refractivity contribution in [2.24, 2.45) is 0 Å². The normalized spacial score (nSPS) is 12.9. The molecule has 1 N–H and O–H groups in total. The molecule has 0 aliphatic carbocycles. The van der Waals surface area contributed by atoms with E-state index in [1.807, 2.05) is 0 Å². The molecule has 0 bridgehead atoms. The molecule has 0 aliphatic heterocycles. The van der Waals surface area contributed by atoms with Crippen molar-refractivity contribution in [1.29, 1.82) is 0 Å². The van der Waals surface area contributed by atoms with Crippen molar-refractivity contribution >= 4 is 23.4 Å². The number of hydrogen-bond donors (Lipinski definition) is 1. The van der Waals surface area contributed by atoms with Crippen LogP contribution in [-0.2, 0) is 16.0 Å². The topological polar surface area (TPSA) is 81.2 Å². The molecule has 1 amide bonds. The Morgan fingerprint density at radius 1 is 1.50 bits per heavy atom. The summed E-state index contributed by atoms with van der Waals surface area (Å²) in [7, 11) is 0. The molecule has 0 saturated heterocycles. The molecule has 0 unspecified atom stereocenters. The lowest BCUT2D eigenvalue weighted by atomic mass is 10.1. The van der Waals surface area contributed by atoms with Gasteiger partial charge in [-0.25, -0.2) is 4.79 Å². The standard InChI is InChI=1S/C11H17N3O3S/c1-7(12-10(16)17-11(2,3)4)9(15)5-8-6-18-14-13-8/h6-7H,5H2,1-4H3,(H,12,16)/t7-/m0/s1. The van der Waals surface area contributed by atoms with E-state index < -0.39 is 17.7 Å². The van der Waals surface area contributed by atoms with Crippen LogP contribution in [0.4, 0.5) is 4.79 Å². The molecule has 1 aromatic rings. The first-order valence-electron chi connectivity index (χ1n) is 5.56. The second-order valence-electron chi connectivity index (χ2n) is 4.91. The number of nitrogens with one attached hydrogen (secondary N) is 1. The Morgan fingerprint density at radius 3 is 2.67 bits per heavy atom. The van der Waals surface area contributed by atoms with Gasteiger partial charge in [-0.3, -0.25) is 4.79 Å². The predicted octanol–water partition coefficient (Wildman–Crippen LogP) is 1.56. The molecule has 0 fully saturated rings. The van der Waals surface area contributed by atoms with Gasteiger partial charge in [0.1, 0.15) is 5.60 Å². The molecule has 100 valence electrons. The molecule has 18 heavy (non-hydrogen) atoms. The van der Waals surface area contributed by atoms with E-state index in [1.165, 1.54) is 11.5 Å². The fourth-order valence-corrected chi connectivity index (χ4v) is 1.61. The first-order chi connectivity index (χ1) is 8.28. The number of hydrogen-bond acceptors (Lipinski definition) is 6. The minimum absolute atomic E-state index is 0.131. The SMILES string of the molecule is C[C@H](NC(=O)OC(C)(C)C)C(=O)Cc1csnn1. The molecule has 1 heterocycles. The second-order valence-corrected chi connectivity index (χ2v) is 5.52. The average molecular weight is 271 g/mol.